The Kier molecular flexibility index (Phi) is 4.58. The Morgan fingerprint density at radius 2 is 2.04 bits per heavy atom. The number of hydrogen-bond donors (Lipinski definition) is 0. The molecule has 0 unspecified atom stereocenters. The molecule has 0 aliphatic carbocycles. The summed E-state index contributed by atoms with van der Waals surface area (Å²) in [6, 6.07) is 4.36. The molecule has 1 aromatic rings. The summed E-state index contributed by atoms with van der Waals surface area (Å²) in [5, 5.41) is 0. The molecule has 2 fully saturated rings. The van der Waals surface area contributed by atoms with E-state index in [4.69, 9.17) is 14.2 Å². The first-order valence-electron chi connectivity index (χ1n) is 9.55. The predicted molar refractivity (Wildman–Crippen MR) is 97.2 cm³/mol. The van der Waals surface area contributed by atoms with E-state index in [0.29, 0.717) is 44.8 Å². The summed E-state index contributed by atoms with van der Waals surface area (Å²) in [7, 11) is -3.83. The summed E-state index contributed by atoms with van der Waals surface area (Å²) in [5.41, 5.74) is -0.766. The van der Waals surface area contributed by atoms with Crippen LogP contribution in [0.15, 0.2) is 23.1 Å². The van der Waals surface area contributed by atoms with Crippen molar-refractivity contribution in [3.63, 3.8) is 0 Å². The van der Waals surface area contributed by atoms with Crippen molar-refractivity contribution in [1.82, 2.24) is 4.31 Å². The van der Waals surface area contributed by atoms with Crippen molar-refractivity contribution < 1.29 is 27.4 Å². The first-order valence-corrected chi connectivity index (χ1v) is 11.0. The van der Waals surface area contributed by atoms with E-state index < -0.39 is 15.4 Å². The van der Waals surface area contributed by atoms with E-state index in [1.54, 1.807) is 29.4 Å². The number of hydrogen-bond acceptors (Lipinski definition) is 6. The molecule has 3 aliphatic rings. The fourth-order valence-corrected chi connectivity index (χ4v) is 6.96. The highest BCUT2D eigenvalue weighted by atomic mass is 32.2. The van der Waals surface area contributed by atoms with Gasteiger partial charge in [0, 0.05) is 12.1 Å². The Morgan fingerprint density at radius 3 is 2.78 bits per heavy atom. The minimum Gasteiger partial charge on any atom is -0.486 e. The van der Waals surface area contributed by atoms with Gasteiger partial charge in [0.15, 0.2) is 11.5 Å². The lowest BCUT2D eigenvalue weighted by Crippen LogP contribution is -2.45. The van der Waals surface area contributed by atoms with Gasteiger partial charge in [-0.2, -0.15) is 4.31 Å². The number of nitrogens with zero attached hydrogens (tertiary/aromatic N) is 1. The van der Waals surface area contributed by atoms with Gasteiger partial charge in [0.25, 0.3) is 0 Å². The van der Waals surface area contributed by atoms with Crippen LogP contribution in [0.25, 0.3) is 0 Å². The third kappa shape index (κ3) is 2.64. The number of carbonyl (C=O) groups excluding carboxylic acids is 1. The third-order valence-corrected chi connectivity index (χ3v) is 8.06. The number of fused-ring (bicyclic) bond motifs is 3. The second-order valence-corrected chi connectivity index (χ2v) is 9.11. The van der Waals surface area contributed by atoms with E-state index in [1.807, 2.05) is 6.92 Å². The highest BCUT2D eigenvalue weighted by Gasteiger charge is 2.63. The van der Waals surface area contributed by atoms with Crippen molar-refractivity contribution in [2.75, 3.05) is 19.8 Å². The topological polar surface area (TPSA) is 82.1 Å². The van der Waals surface area contributed by atoms with Crippen molar-refractivity contribution in [2.24, 2.45) is 5.41 Å². The summed E-state index contributed by atoms with van der Waals surface area (Å²) in [4.78, 5) is 12.9. The minimum absolute atomic E-state index is 0.118. The fourth-order valence-electron chi connectivity index (χ4n) is 4.87. The van der Waals surface area contributed by atoms with Crippen LogP contribution < -0.4 is 9.47 Å². The smallest absolute Gasteiger partial charge is 0.313 e. The number of carbonyl (C=O) groups is 1. The van der Waals surface area contributed by atoms with Crippen LogP contribution in [0.4, 0.5) is 0 Å². The quantitative estimate of drug-likeness (QED) is 0.712. The van der Waals surface area contributed by atoms with E-state index >= 15 is 0 Å². The maximum Gasteiger partial charge on any atom is 0.313 e. The van der Waals surface area contributed by atoms with E-state index in [0.717, 1.165) is 6.42 Å². The lowest BCUT2D eigenvalue weighted by molar-refractivity contribution is -0.157. The van der Waals surface area contributed by atoms with Gasteiger partial charge < -0.3 is 14.2 Å². The molecule has 148 valence electrons. The van der Waals surface area contributed by atoms with Crippen LogP contribution in [0, 0.1) is 5.41 Å². The first-order chi connectivity index (χ1) is 13.0. The summed E-state index contributed by atoms with van der Waals surface area (Å²) in [5.74, 6) is 0.434. The molecule has 3 atom stereocenters. The SMILES string of the molecule is CCOC(=O)[C@@]1(CC)C[C@H]2CC[C@@H]1N2S(=O)(=O)c1cccc2c1OCCO2. The van der Waals surface area contributed by atoms with Gasteiger partial charge in [-0.1, -0.05) is 13.0 Å². The van der Waals surface area contributed by atoms with Crippen LogP contribution in [-0.4, -0.2) is 50.6 Å². The molecule has 27 heavy (non-hydrogen) atoms. The lowest BCUT2D eigenvalue weighted by atomic mass is 9.72. The molecule has 4 rings (SSSR count). The monoisotopic (exact) mass is 395 g/mol. The van der Waals surface area contributed by atoms with Gasteiger partial charge in [-0.25, -0.2) is 8.42 Å². The zero-order valence-corrected chi connectivity index (χ0v) is 16.5. The lowest BCUT2D eigenvalue weighted by Gasteiger charge is -2.34. The van der Waals surface area contributed by atoms with E-state index in [1.165, 1.54) is 0 Å². The summed E-state index contributed by atoms with van der Waals surface area (Å²) in [6.07, 6.45) is 2.50. The van der Waals surface area contributed by atoms with E-state index in [2.05, 4.69) is 0 Å². The maximum atomic E-state index is 13.6. The van der Waals surface area contributed by atoms with Crippen molar-refractivity contribution in [3.05, 3.63) is 18.2 Å². The number of ether oxygens (including phenoxy) is 3. The Balaban J connectivity index is 1.75. The molecule has 2 saturated heterocycles. The summed E-state index contributed by atoms with van der Waals surface area (Å²) in [6.45, 7) is 4.71. The van der Waals surface area contributed by atoms with Gasteiger partial charge in [0.05, 0.1) is 12.0 Å². The molecule has 3 heterocycles. The largest absolute Gasteiger partial charge is 0.486 e. The average molecular weight is 395 g/mol. The Morgan fingerprint density at radius 1 is 1.26 bits per heavy atom. The molecule has 2 bridgehead atoms. The number of para-hydroxylation sites is 1. The Hall–Kier alpha value is -1.80. The van der Waals surface area contributed by atoms with Crippen molar-refractivity contribution in [3.8, 4) is 11.5 Å². The molecule has 0 N–H and O–H groups in total. The minimum atomic E-state index is -3.83. The molecule has 0 spiro atoms. The number of rotatable bonds is 5. The number of benzene rings is 1. The highest BCUT2D eigenvalue weighted by molar-refractivity contribution is 7.89. The van der Waals surface area contributed by atoms with Gasteiger partial charge >= 0.3 is 5.97 Å². The Bertz CT molecular complexity index is 854. The van der Waals surface area contributed by atoms with Crippen molar-refractivity contribution in [1.29, 1.82) is 0 Å². The van der Waals surface area contributed by atoms with Crippen LogP contribution >= 0.6 is 0 Å². The van der Waals surface area contributed by atoms with E-state index in [9.17, 15) is 13.2 Å². The fraction of sp³-hybridized carbons (Fsp3) is 0.632. The average Bonchev–Trinajstić information content (AvgIpc) is 3.25. The second kappa shape index (κ2) is 6.67. The van der Waals surface area contributed by atoms with Gasteiger partial charge in [-0.3, -0.25) is 4.79 Å². The van der Waals surface area contributed by atoms with Crippen LogP contribution in [0.1, 0.15) is 39.5 Å². The first kappa shape index (κ1) is 18.6. The van der Waals surface area contributed by atoms with Crippen LogP contribution in [-0.2, 0) is 19.6 Å². The van der Waals surface area contributed by atoms with Crippen LogP contribution in [0.5, 0.6) is 11.5 Å². The maximum absolute atomic E-state index is 13.6. The standard InChI is InChI=1S/C19H25NO6S/c1-3-19(18(21)24-4-2)12-13-8-9-16(19)20(13)27(22,23)15-7-5-6-14-17(15)26-11-10-25-14/h5-7,13,16H,3-4,8-12H2,1-2H3/t13-,16+,19+/m1/s1. The molecule has 0 radical (unpaired) electrons. The molecule has 8 heteroatoms. The van der Waals surface area contributed by atoms with Gasteiger partial charge in [0.1, 0.15) is 18.1 Å². The normalized spacial score (nSPS) is 29.7. The van der Waals surface area contributed by atoms with Crippen molar-refractivity contribution in [2.45, 2.75) is 56.5 Å². The molecule has 1 aromatic carbocycles. The highest BCUT2D eigenvalue weighted by Crippen LogP contribution is 2.55. The molecule has 0 saturated carbocycles. The molecular weight excluding hydrogens is 370 g/mol. The molecule has 7 nitrogen and oxygen atoms in total. The molecule has 0 aromatic heterocycles. The third-order valence-electron chi connectivity index (χ3n) is 6.08. The second-order valence-electron chi connectivity index (χ2n) is 7.30. The van der Waals surface area contributed by atoms with Crippen LogP contribution in [0.2, 0.25) is 0 Å². The predicted octanol–water partition coefficient (Wildman–Crippen LogP) is 2.34. The van der Waals surface area contributed by atoms with Gasteiger partial charge in [-0.15, -0.1) is 0 Å². The van der Waals surface area contributed by atoms with Gasteiger partial charge in [-0.05, 0) is 44.7 Å². The van der Waals surface area contributed by atoms with E-state index in [-0.39, 0.29) is 28.7 Å². The van der Waals surface area contributed by atoms with Crippen LogP contribution in [0.3, 0.4) is 0 Å². The van der Waals surface area contributed by atoms with Gasteiger partial charge in [0.2, 0.25) is 10.0 Å². The number of esters is 1. The molecule has 3 aliphatic heterocycles. The summed E-state index contributed by atoms with van der Waals surface area (Å²) >= 11 is 0. The molecular formula is C19H25NO6S. The zero-order valence-electron chi connectivity index (χ0n) is 15.6. The van der Waals surface area contributed by atoms with Crippen molar-refractivity contribution >= 4 is 16.0 Å². The summed E-state index contributed by atoms with van der Waals surface area (Å²) < 4.78 is 45.2. The zero-order chi connectivity index (χ0) is 19.2. The Labute approximate surface area is 159 Å². The number of sulfonamides is 1. The molecule has 0 amide bonds.